The zero-order valence-corrected chi connectivity index (χ0v) is 8.70. The molecule has 0 amide bonds. The van der Waals surface area contributed by atoms with Crippen LogP contribution in [0.4, 0.5) is 5.69 Å². The number of nitrogens with zero attached hydrogens (tertiary/aromatic N) is 2. The molecule has 1 aromatic rings. The smallest absolute Gasteiger partial charge is 0.276 e. The van der Waals surface area contributed by atoms with Gasteiger partial charge in [-0.15, -0.1) is 0 Å². The molecule has 0 atom stereocenters. The van der Waals surface area contributed by atoms with Crippen molar-refractivity contribution in [3.05, 3.63) is 32.9 Å². The SMILES string of the molecule is COc1cc(C)c([N+](=O)[O-])c(C)c1C#N. The van der Waals surface area contributed by atoms with Crippen molar-refractivity contribution in [3.8, 4) is 11.8 Å². The van der Waals surface area contributed by atoms with E-state index >= 15 is 0 Å². The van der Waals surface area contributed by atoms with Gasteiger partial charge in [0.05, 0.1) is 12.0 Å². The highest BCUT2D eigenvalue weighted by atomic mass is 16.6. The Hall–Kier alpha value is -2.09. The van der Waals surface area contributed by atoms with Crippen molar-refractivity contribution >= 4 is 5.69 Å². The lowest BCUT2D eigenvalue weighted by molar-refractivity contribution is -0.386. The minimum Gasteiger partial charge on any atom is -0.495 e. The minimum atomic E-state index is -0.481. The molecule has 15 heavy (non-hydrogen) atoms. The molecule has 0 aliphatic rings. The third-order valence-electron chi connectivity index (χ3n) is 2.21. The maximum atomic E-state index is 10.8. The summed E-state index contributed by atoms with van der Waals surface area (Å²) in [7, 11) is 1.43. The number of aryl methyl sites for hydroxylation is 1. The molecule has 0 aliphatic heterocycles. The Kier molecular flexibility index (Phi) is 2.90. The topological polar surface area (TPSA) is 76.2 Å². The molecule has 78 valence electrons. The van der Waals surface area contributed by atoms with Gasteiger partial charge in [0, 0.05) is 11.1 Å². The predicted octanol–water partition coefficient (Wildman–Crippen LogP) is 2.09. The van der Waals surface area contributed by atoms with Crippen LogP contribution in [-0.2, 0) is 0 Å². The van der Waals surface area contributed by atoms with Crippen LogP contribution >= 0.6 is 0 Å². The van der Waals surface area contributed by atoms with Crippen molar-refractivity contribution in [1.82, 2.24) is 0 Å². The Labute approximate surface area is 87.1 Å². The van der Waals surface area contributed by atoms with Gasteiger partial charge in [0.1, 0.15) is 17.4 Å². The molecular weight excluding hydrogens is 196 g/mol. The molecule has 0 radical (unpaired) electrons. The summed E-state index contributed by atoms with van der Waals surface area (Å²) in [5.41, 5.74) is 1.04. The van der Waals surface area contributed by atoms with E-state index in [-0.39, 0.29) is 11.3 Å². The predicted molar refractivity (Wildman–Crippen MR) is 53.8 cm³/mol. The molecule has 0 unspecified atom stereocenters. The summed E-state index contributed by atoms with van der Waals surface area (Å²) >= 11 is 0. The van der Waals surface area contributed by atoms with Gasteiger partial charge in [0.25, 0.3) is 5.69 Å². The van der Waals surface area contributed by atoms with Crippen LogP contribution in [0.1, 0.15) is 16.7 Å². The molecule has 0 spiro atoms. The number of methoxy groups -OCH3 is 1. The fraction of sp³-hybridized carbons (Fsp3) is 0.300. The van der Waals surface area contributed by atoms with Gasteiger partial charge >= 0.3 is 0 Å². The van der Waals surface area contributed by atoms with Crippen molar-refractivity contribution in [1.29, 1.82) is 5.26 Å². The quantitative estimate of drug-likeness (QED) is 0.548. The number of nitro benzene ring substituents is 1. The molecule has 1 aromatic carbocycles. The Morgan fingerprint density at radius 1 is 1.53 bits per heavy atom. The lowest BCUT2D eigenvalue weighted by Crippen LogP contribution is -2.00. The van der Waals surface area contributed by atoms with Gasteiger partial charge < -0.3 is 4.74 Å². The van der Waals surface area contributed by atoms with Crippen LogP contribution in [0.5, 0.6) is 5.75 Å². The third kappa shape index (κ3) is 1.74. The summed E-state index contributed by atoms with van der Waals surface area (Å²) in [6.45, 7) is 3.17. The van der Waals surface area contributed by atoms with E-state index in [4.69, 9.17) is 10.00 Å². The van der Waals surface area contributed by atoms with Gasteiger partial charge in [-0.25, -0.2) is 0 Å². The van der Waals surface area contributed by atoms with Gasteiger partial charge in [-0.05, 0) is 19.9 Å². The van der Waals surface area contributed by atoms with E-state index in [1.807, 2.05) is 6.07 Å². The average Bonchev–Trinajstić information content (AvgIpc) is 2.16. The van der Waals surface area contributed by atoms with E-state index in [1.165, 1.54) is 13.2 Å². The molecule has 0 heterocycles. The monoisotopic (exact) mass is 206 g/mol. The second kappa shape index (κ2) is 3.96. The summed E-state index contributed by atoms with van der Waals surface area (Å²) in [6, 6.07) is 3.41. The van der Waals surface area contributed by atoms with Crippen LogP contribution in [0.2, 0.25) is 0 Å². The Morgan fingerprint density at radius 3 is 2.53 bits per heavy atom. The normalized spacial score (nSPS) is 9.47. The van der Waals surface area contributed by atoms with E-state index in [9.17, 15) is 10.1 Å². The van der Waals surface area contributed by atoms with Crippen LogP contribution < -0.4 is 4.74 Å². The number of benzene rings is 1. The van der Waals surface area contributed by atoms with Gasteiger partial charge in [0.15, 0.2) is 0 Å². The van der Waals surface area contributed by atoms with Crippen molar-refractivity contribution in [3.63, 3.8) is 0 Å². The standard InChI is InChI=1S/C10H10N2O3/c1-6-4-9(15-3)8(5-11)7(2)10(6)12(13)14/h4H,1-3H3. The molecule has 5 heteroatoms. The lowest BCUT2D eigenvalue weighted by Gasteiger charge is -2.08. The van der Waals surface area contributed by atoms with Crippen LogP contribution in [0, 0.1) is 35.3 Å². The second-order valence-electron chi connectivity index (χ2n) is 3.11. The van der Waals surface area contributed by atoms with E-state index in [0.29, 0.717) is 16.9 Å². The fourth-order valence-electron chi connectivity index (χ4n) is 1.52. The van der Waals surface area contributed by atoms with Gasteiger partial charge in [-0.1, -0.05) is 0 Å². The van der Waals surface area contributed by atoms with Crippen molar-refractivity contribution < 1.29 is 9.66 Å². The molecule has 0 aliphatic carbocycles. The maximum absolute atomic E-state index is 10.8. The summed E-state index contributed by atoms with van der Waals surface area (Å²) < 4.78 is 4.99. The first-order chi connectivity index (χ1) is 7.02. The number of hydrogen-bond acceptors (Lipinski definition) is 4. The van der Waals surface area contributed by atoms with E-state index in [2.05, 4.69) is 0 Å². The highest BCUT2D eigenvalue weighted by Crippen LogP contribution is 2.32. The van der Waals surface area contributed by atoms with E-state index < -0.39 is 4.92 Å². The number of ether oxygens (including phenoxy) is 1. The van der Waals surface area contributed by atoms with Gasteiger partial charge in [0.2, 0.25) is 0 Å². The fourth-order valence-corrected chi connectivity index (χ4v) is 1.52. The molecule has 0 bridgehead atoms. The number of hydrogen-bond donors (Lipinski definition) is 0. The van der Waals surface area contributed by atoms with Crippen molar-refractivity contribution in [2.75, 3.05) is 7.11 Å². The zero-order chi connectivity index (χ0) is 11.6. The first-order valence-electron chi connectivity index (χ1n) is 4.25. The summed E-state index contributed by atoms with van der Waals surface area (Å²) in [5.74, 6) is 0.373. The second-order valence-corrected chi connectivity index (χ2v) is 3.11. The summed E-state index contributed by atoms with van der Waals surface area (Å²) in [4.78, 5) is 10.3. The Bertz CT molecular complexity index is 461. The summed E-state index contributed by atoms with van der Waals surface area (Å²) in [6.07, 6.45) is 0. The van der Waals surface area contributed by atoms with Crippen LogP contribution in [0.25, 0.3) is 0 Å². The van der Waals surface area contributed by atoms with Crippen molar-refractivity contribution in [2.24, 2.45) is 0 Å². The van der Waals surface area contributed by atoms with Crippen LogP contribution in [-0.4, -0.2) is 12.0 Å². The molecule has 0 fully saturated rings. The highest BCUT2D eigenvalue weighted by molar-refractivity contribution is 5.61. The molecule has 0 saturated carbocycles. The molecule has 0 saturated heterocycles. The lowest BCUT2D eigenvalue weighted by atomic mass is 10.0. The van der Waals surface area contributed by atoms with E-state index in [0.717, 1.165) is 0 Å². The molecule has 0 aromatic heterocycles. The van der Waals surface area contributed by atoms with E-state index in [1.54, 1.807) is 13.8 Å². The third-order valence-corrected chi connectivity index (χ3v) is 2.21. The molecule has 0 N–H and O–H groups in total. The van der Waals surface area contributed by atoms with Crippen LogP contribution in [0.3, 0.4) is 0 Å². The van der Waals surface area contributed by atoms with Gasteiger partial charge in [-0.2, -0.15) is 5.26 Å². The largest absolute Gasteiger partial charge is 0.495 e. The minimum absolute atomic E-state index is 0.0210. The number of nitriles is 1. The first-order valence-corrected chi connectivity index (χ1v) is 4.25. The average molecular weight is 206 g/mol. The first kappa shape index (κ1) is 11.0. The summed E-state index contributed by atoms with van der Waals surface area (Å²) in [5, 5.41) is 19.6. The number of rotatable bonds is 2. The Morgan fingerprint density at radius 2 is 2.13 bits per heavy atom. The Balaban J connectivity index is 3.61. The maximum Gasteiger partial charge on any atom is 0.276 e. The van der Waals surface area contributed by atoms with Crippen LogP contribution in [0.15, 0.2) is 6.07 Å². The highest BCUT2D eigenvalue weighted by Gasteiger charge is 2.21. The molecule has 5 nitrogen and oxygen atoms in total. The zero-order valence-electron chi connectivity index (χ0n) is 8.70. The molecule has 1 rings (SSSR count). The number of nitro groups is 1. The van der Waals surface area contributed by atoms with Gasteiger partial charge in [-0.3, -0.25) is 10.1 Å². The molecular formula is C10H10N2O3. The van der Waals surface area contributed by atoms with Crippen molar-refractivity contribution in [2.45, 2.75) is 13.8 Å².